The number of hydrogen-bond acceptors (Lipinski definition) is 4. The minimum Gasteiger partial charge on any atom is -0.478 e. The molecule has 1 heterocycles. The van der Waals surface area contributed by atoms with Crippen molar-refractivity contribution in [2.24, 2.45) is 5.92 Å². The number of rotatable bonds is 3. The van der Waals surface area contributed by atoms with Gasteiger partial charge in [-0.15, -0.1) is 0 Å². The van der Waals surface area contributed by atoms with Gasteiger partial charge in [0.2, 0.25) is 5.91 Å². The second-order valence-electron chi connectivity index (χ2n) is 4.58. The van der Waals surface area contributed by atoms with Gasteiger partial charge < -0.3 is 10.4 Å². The molecule has 20 heavy (non-hydrogen) atoms. The van der Waals surface area contributed by atoms with Gasteiger partial charge in [-0.3, -0.25) is 4.79 Å². The number of carboxylic acid groups (broad SMARTS) is 1. The van der Waals surface area contributed by atoms with E-state index in [0.717, 1.165) is 0 Å². The van der Waals surface area contributed by atoms with Crippen LogP contribution in [0.15, 0.2) is 22.7 Å². The normalized spacial score (nSPS) is 20.6. The number of hydrogen-bond donors (Lipinski definition) is 2. The van der Waals surface area contributed by atoms with E-state index in [0.29, 0.717) is 4.47 Å². The highest BCUT2D eigenvalue weighted by Crippen LogP contribution is 2.24. The molecule has 6 nitrogen and oxygen atoms in total. The second kappa shape index (κ2) is 5.53. The number of carbonyl (C=O) groups excluding carboxylic acids is 1. The molecule has 0 bridgehead atoms. The maximum atomic E-state index is 12.0. The summed E-state index contributed by atoms with van der Waals surface area (Å²) in [5.74, 6) is -2.44. The lowest BCUT2D eigenvalue weighted by Crippen LogP contribution is -2.24. The predicted molar refractivity (Wildman–Crippen MR) is 76.5 cm³/mol. The van der Waals surface area contributed by atoms with Crippen molar-refractivity contribution in [1.29, 1.82) is 0 Å². The zero-order valence-corrected chi connectivity index (χ0v) is 12.7. The van der Waals surface area contributed by atoms with E-state index in [2.05, 4.69) is 21.2 Å². The summed E-state index contributed by atoms with van der Waals surface area (Å²) in [5.41, 5.74) is 0.114. The Hall–Kier alpha value is -1.41. The van der Waals surface area contributed by atoms with E-state index in [1.807, 2.05) is 0 Å². The highest BCUT2D eigenvalue weighted by Gasteiger charge is 2.33. The zero-order valence-electron chi connectivity index (χ0n) is 10.3. The molecule has 1 aliphatic heterocycles. The summed E-state index contributed by atoms with van der Waals surface area (Å²) in [7, 11) is -3.15. The Balaban J connectivity index is 2.20. The lowest BCUT2D eigenvalue weighted by atomic mass is 10.1. The monoisotopic (exact) mass is 361 g/mol. The largest absolute Gasteiger partial charge is 0.478 e. The van der Waals surface area contributed by atoms with Crippen molar-refractivity contribution >= 4 is 43.3 Å². The summed E-state index contributed by atoms with van der Waals surface area (Å²) in [6, 6.07) is 4.40. The molecule has 1 atom stereocenters. The van der Waals surface area contributed by atoms with Gasteiger partial charge in [-0.25, -0.2) is 13.2 Å². The maximum Gasteiger partial charge on any atom is 0.337 e. The predicted octanol–water partition coefficient (Wildman–Crippen LogP) is 1.52. The van der Waals surface area contributed by atoms with Crippen LogP contribution in [0.25, 0.3) is 0 Å². The molecular weight excluding hydrogens is 350 g/mol. The molecule has 1 aromatic carbocycles. The Kier molecular flexibility index (Phi) is 4.14. The summed E-state index contributed by atoms with van der Waals surface area (Å²) in [6.45, 7) is 0. The van der Waals surface area contributed by atoms with Crippen molar-refractivity contribution in [1.82, 2.24) is 0 Å². The number of nitrogens with one attached hydrogen (secondary N) is 1. The lowest BCUT2D eigenvalue weighted by Gasteiger charge is -2.12. The maximum absolute atomic E-state index is 12.0. The Morgan fingerprint density at radius 2 is 2.05 bits per heavy atom. The lowest BCUT2D eigenvalue weighted by molar-refractivity contribution is -0.119. The van der Waals surface area contributed by atoms with Crippen LogP contribution in [0.1, 0.15) is 16.8 Å². The van der Waals surface area contributed by atoms with E-state index in [9.17, 15) is 18.0 Å². The van der Waals surface area contributed by atoms with Gasteiger partial charge in [0, 0.05) is 4.47 Å². The van der Waals surface area contributed by atoms with Gasteiger partial charge in [0.05, 0.1) is 28.7 Å². The molecule has 2 N–H and O–H groups in total. The van der Waals surface area contributed by atoms with E-state index in [-0.39, 0.29) is 29.2 Å². The Labute approximate surface area is 124 Å². The van der Waals surface area contributed by atoms with Crippen molar-refractivity contribution in [3.63, 3.8) is 0 Å². The Bertz CT molecular complexity index is 670. The minimum atomic E-state index is -3.15. The quantitative estimate of drug-likeness (QED) is 0.849. The molecular formula is C12H12BrNO5S. The van der Waals surface area contributed by atoms with Crippen LogP contribution >= 0.6 is 15.9 Å². The van der Waals surface area contributed by atoms with Crippen molar-refractivity contribution in [3.05, 3.63) is 28.2 Å². The molecule has 108 valence electrons. The average molecular weight is 362 g/mol. The van der Waals surface area contributed by atoms with Crippen LogP contribution < -0.4 is 5.32 Å². The van der Waals surface area contributed by atoms with Gasteiger partial charge in [0.1, 0.15) is 0 Å². The van der Waals surface area contributed by atoms with Crippen molar-refractivity contribution in [2.75, 3.05) is 16.8 Å². The molecule has 2 rings (SSSR count). The van der Waals surface area contributed by atoms with Crippen LogP contribution in [0, 0.1) is 5.92 Å². The SMILES string of the molecule is O=C(O)c1ccc(Br)cc1NC(=O)C1CCS(=O)(=O)C1. The van der Waals surface area contributed by atoms with Gasteiger partial charge >= 0.3 is 5.97 Å². The average Bonchev–Trinajstić information content (AvgIpc) is 2.69. The first-order valence-corrected chi connectivity index (χ1v) is 8.44. The number of carboxylic acids is 1. The van der Waals surface area contributed by atoms with Gasteiger partial charge in [-0.05, 0) is 24.6 Å². The number of carbonyl (C=O) groups is 2. The number of halogens is 1. The Morgan fingerprint density at radius 3 is 2.60 bits per heavy atom. The van der Waals surface area contributed by atoms with Gasteiger partial charge in [-0.1, -0.05) is 15.9 Å². The van der Waals surface area contributed by atoms with Crippen LogP contribution in [0.4, 0.5) is 5.69 Å². The third-order valence-electron chi connectivity index (χ3n) is 3.07. The standard InChI is InChI=1S/C12H12BrNO5S/c13-8-1-2-9(12(16)17)10(5-8)14-11(15)7-3-4-20(18,19)6-7/h1-2,5,7H,3-4,6H2,(H,14,15)(H,16,17). The first-order chi connectivity index (χ1) is 9.28. The van der Waals surface area contributed by atoms with E-state index < -0.39 is 27.6 Å². The van der Waals surface area contributed by atoms with Crippen LogP contribution in [-0.4, -0.2) is 36.9 Å². The van der Waals surface area contributed by atoms with Gasteiger partial charge in [-0.2, -0.15) is 0 Å². The molecule has 1 unspecified atom stereocenters. The van der Waals surface area contributed by atoms with E-state index in [1.165, 1.54) is 12.1 Å². The fraction of sp³-hybridized carbons (Fsp3) is 0.333. The molecule has 0 aliphatic carbocycles. The Morgan fingerprint density at radius 1 is 1.35 bits per heavy atom. The number of anilines is 1. The van der Waals surface area contributed by atoms with E-state index >= 15 is 0 Å². The first kappa shape index (κ1) is 15.0. The van der Waals surface area contributed by atoms with Crippen LogP contribution in [0.5, 0.6) is 0 Å². The fourth-order valence-corrected chi connectivity index (χ4v) is 4.15. The molecule has 0 radical (unpaired) electrons. The summed E-state index contributed by atoms with van der Waals surface area (Å²) < 4.78 is 23.3. The van der Waals surface area contributed by atoms with Crippen LogP contribution in [0.2, 0.25) is 0 Å². The van der Waals surface area contributed by atoms with Gasteiger partial charge in [0.25, 0.3) is 0 Å². The van der Waals surface area contributed by atoms with Crippen LogP contribution in [0.3, 0.4) is 0 Å². The topological polar surface area (TPSA) is 101 Å². The highest BCUT2D eigenvalue weighted by molar-refractivity contribution is 9.10. The summed E-state index contributed by atoms with van der Waals surface area (Å²) in [4.78, 5) is 23.1. The first-order valence-electron chi connectivity index (χ1n) is 5.82. The minimum absolute atomic E-state index is 0.00460. The smallest absolute Gasteiger partial charge is 0.337 e. The van der Waals surface area contributed by atoms with E-state index in [4.69, 9.17) is 5.11 Å². The molecule has 1 fully saturated rings. The molecule has 1 amide bonds. The number of sulfone groups is 1. The van der Waals surface area contributed by atoms with E-state index in [1.54, 1.807) is 6.07 Å². The highest BCUT2D eigenvalue weighted by atomic mass is 79.9. The molecule has 0 saturated carbocycles. The fourth-order valence-electron chi connectivity index (χ4n) is 2.04. The third kappa shape index (κ3) is 3.37. The molecule has 1 saturated heterocycles. The number of benzene rings is 1. The van der Waals surface area contributed by atoms with Crippen molar-refractivity contribution in [2.45, 2.75) is 6.42 Å². The number of amides is 1. The molecule has 1 aliphatic rings. The molecule has 8 heteroatoms. The number of aromatic carboxylic acids is 1. The summed E-state index contributed by atoms with van der Waals surface area (Å²) in [6.07, 6.45) is 0.268. The van der Waals surface area contributed by atoms with Crippen LogP contribution in [-0.2, 0) is 14.6 Å². The third-order valence-corrected chi connectivity index (χ3v) is 5.33. The van der Waals surface area contributed by atoms with Crippen molar-refractivity contribution in [3.8, 4) is 0 Å². The van der Waals surface area contributed by atoms with Gasteiger partial charge in [0.15, 0.2) is 9.84 Å². The second-order valence-corrected chi connectivity index (χ2v) is 7.73. The molecule has 0 spiro atoms. The summed E-state index contributed by atoms with van der Waals surface area (Å²) >= 11 is 3.20. The summed E-state index contributed by atoms with van der Waals surface area (Å²) in [5, 5.41) is 11.6. The van der Waals surface area contributed by atoms with Crippen molar-refractivity contribution < 1.29 is 23.1 Å². The zero-order chi connectivity index (χ0) is 14.9. The molecule has 0 aromatic heterocycles. The molecule has 1 aromatic rings.